The van der Waals surface area contributed by atoms with Crippen molar-refractivity contribution in [2.45, 2.75) is 33.1 Å². The largest absolute Gasteiger partial charge is 0.493 e. The molecule has 0 aliphatic carbocycles. The van der Waals surface area contributed by atoms with Crippen molar-refractivity contribution < 1.29 is 4.74 Å². The fourth-order valence-corrected chi connectivity index (χ4v) is 3.30. The Balaban J connectivity index is 1.69. The summed E-state index contributed by atoms with van der Waals surface area (Å²) in [4.78, 5) is 2.55. The summed E-state index contributed by atoms with van der Waals surface area (Å²) in [6.45, 7) is 7.97. The zero-order valence-corrected chi connectivity index (χ0v) is 11.5. The molecule has 0 amide bonds. The Hall–Kier alpha value is -1.18. The molecule has 3 rings (SSSR count). The molecule has 0 N–H and O–H groups in total. The van der Waals surface area contributed by atoms with Gasteiger partial charge in [-0.25, -0.2) is 0 Å². The van der Waals surface area contributed by atoms with Gasteiger partial charge in [0.2, 0.25) is 0 Å². The molecule has 1 aromatic carbocycles. The lowest BCUT2D eigenvalue weighted by atomic mass is 9.97. The second-order valence-corrected chi connectivity index (χ2v) is 6.12. The van der Waals surface area contributed by atoms with Gasteiger partial charge >= 0.3 is 0 Å². The Kier molecular flexibility index (Phi) is 3.19. The van der Waals surface area contributed by atoms with Gasteiger partial charge in [-0.3, -0.25) is 0 Å². The van der Waals surface area contributed by atoms with E-state index in [1.807, 2.05) is 0 Å². The van der Waals surface area contributed by atoms with Crippen molar-refractivity contribution in [3.63, 3.8) is 0 Å². The van der Waals surface area contributed by atoms with Crippen LogP contribution in [-0.4, -0.2) is 19.7 Å². The Labute approximate surface area is 110 Å². The van der Waals surface area contributed by atoms with E-state index in [2.05, 4.69) is 36.9 Å². The molecule has 0 spiro atoms. The van der Waals surface area contributed by atoms with Gasteiger partial charge in [0.1, 0.15) is 5.75 Å². The molecule has 2 aliphatic rings. The molecule has 98 valence electrons. The summed E-state index contributed by atoms with van der Waals surface area (Å²) in [6.07, 6.45) is 3.79. The zero-order chi connectivity index (χ0) is 12.5. The molecule has 1 fully saturated rings. The van der Waals surface area contributed by atoms with Gasteiger partial charge in [-0.2, -0.15) is 0 Å². The van der Waals surface area contributed by atoms with E-state index in [0.717, 1.165) is 30.6 Å². The van der Waals surface area contributed by atoms with Crippen molar-refractivity contribution in [3.8, 4) is 5.75 Å². The van der Waals surface area contributed by atoms with Crippen LogP contribution in [0.5, 0.6) is 5.75 Å². The molecule has 2 aliphatic heterocycles. The van der Waals surface area contributed by atoms with Crippen LogP contribution >= 0.6 is 0 Å². The lowest BCUT2D eigenvalue weighted by molar-refractivity contribution is 0.357. The first-order chi connectivity index (χ1) is 8.72. The van der Waals surface area contributed by atoms with E-state index < -0.39 is 0 Å². The fourth-order valence-electron chi connectivity index (χ4n) is 3.30. The van der Waals surface area contributed by atoms with Gasteiger partial charge < -0.3 is 9.64 Å². The molecule has 1 atom stereocenters. The van der Waals surface area contributed by atoms with Gasteiger partial charge in [-0.1, -0.05) is 13.8 Å². The molecule has 1 saturated heterocycles. The SMILES string of the molecule is CC(C)CC1CCN(c2ccc3c(c2)CCO3)C1. The third-order valence-electron chi connectivity index (χ3n) is 4.13. The predicted molar refractivity (Wildman–Crippen MR) is 75.4 cm³/mol. The van der Waals surface area contributed by atoms with Crippen molar-refractivity contribution >= 4 is 5.69 Å². The molecule has 2 heteroatoms. The third-order valence-corrected chi connectivity index (χ3v) is 4.13. The van der Waals surface area contributed by atoms with Crippen LogP contribution < -0.4 is 9.64 Å². The minimum Gasteiger partial charge on any atom is -0.493 e. The minimum atomic E-state index is 0.823. The predicted octanol–water partition coefficient (Wildman–Crippen LogP) is 3.49. The van der Waals surface area contributed by atoms with Crippen LogP contribution in [0.25, 0.3) is 0 Å². The van der Waals surface area contributed by atoms with E-state index in [1.54, 1.807) is 0 Å². The number of hydrogen-bond donors (Lipinski definition) is 0. The molecule has 0 aromatic heterocycles. The Morgan fingerprint density at radius 3 is 3.11 bits per heavy atom. The molecule has 18 heavy (non-hydrogen) atoms. The van der Waals surface area contributed by atoms with Crippen molar-refractivity contribution in [1.82, 2.24) is 0 Å². The normalized spacial score (nSPS) is 22.4. The van der Waals surface area contributed by atoms with Crippen LogP contribution in [0.1, 0.15) is 32.3 Å². The number of anilines is 1. The van der Waals surface area contributed by atoms with Crippen molar-refractivity contribution in [1.29, 1.82) is 0 Å². The highest BCUT2D eigenvalue weighted by atomic mass is 16.5. The van der Waals surface area contributed by atoms with Crippen molar-refractivity contribution in [2.75, 3.05) is 24.6 Å². The summed E-state index contributed by atoms with van der Waals surface area (Å²) in [6, 6.07) is 6.70. The van der Waals surface area contributed by atoms with Crippen LogP contribution in [0, 0.1) is 11.8 Å². The summed E-state index contributed by atoms with van der Waals surface area (Å²) >= 11 is 0. The van der Waals surface area contributed by atoms with Crippen LogP contribution in [0.3, 0.4) is 0 Å². The van der Waals surface area contributed by atoms with E-state index in [1.165, 1.54) is 37.2 Å². The van der Waals surface area contributed by atoms with Gasteiger partial charge in [0.25, 0.3) is 0 Å². The van der Waals surface area contributed by atoms with Gasteiger partial charge in [0, 0.05) is 25.2 Å². The van der Waals surface area contributed by atoms with Crippen LogP contribution in [0.2, 0.25) is 0 Å². The number of fused-ring (bicyclic) bond motifs is 1. The summed E-state index contributed by atoms with van der Waals surface area (Å²) in [7, 11) is 0. The second kappa shape index (κ2) is 4.83. The van der Waals surface area contributed by atoms with Gasteiger partial charge in [-0.05, 0) is 48.4 Å². The number of nitrogens with zero attached hydrogens (tertiary/aromatic N) is 1. The number of hydrogen-bond acceptors (Lipinski definition) is 2. The molecular weight excluding hydrogens is 222 g/mol. The van der Waals surface area contributed by atoms with Crippen LogP contribution in [-0.2, 0) is 6.42 Å². The lowest BCUT2D eigenvalue weighted by Gasteiger charge is -2.20. The highest BCUT2D eigenvalue weighted by Gasteiger charge is 2.24. The van der Waals surface area contributed by atoms with Crippen LogP contribution in [0.15, 0.2) is 18.2 Å². The summed E-state index contributed by atoms with van der Waals surface area (Å²) in [5, 5.41) is 0. The maximum absolute atomic E-state index is 5.57. The highest BCUT2D eigenvalue weighted by molar-refractivity contribution is 5.54. The first-order valence-corrected chi connectivity index (χ1v) is 7.23. The Bertz CT molecular complexity index is 427. The third kappa shape index (κ3) is 2.33. The Morgan fingerprint density at radius 2 is 2.28 bits per heavy atom. The quantitative estimate of drug-likeness (QED) is 0.808. The smallest absolute Gasteiger partial charge is 0.122 e. The summed E-state index contributed by atoms with van der Waals surface area (Å²) in [5.41, 5.74) is 2.78. The van der Waals surface area contributed by atoms with Crippen LogP contribution in [0.4, 0.5) is 5.69 Å². The van der Waals surface area contributed by atoms with Gasteiger partial charge in [0.15, 0.2) is 0 Å². The molecule has 2 nitrogen and oxygen atoms in total. The summed E-state index contributed by atoms with van der Waals surface area (Å²) in [5.74, 6) is 2.80. The number of rotatable bonds is 3. The highest BCUT2D eigenvalue weighted by Crippen LogP contribution is 2.33. The molecule has 1 aromatic rings. The fraction of sp³-hybridized carbons (Fsp3) is 0.625. The molecule has 0 radical (unpaired) electrons. The van der Waals surface area contributed by atoms with Gasteiger partial charge in [-0.15, -0.1) is 0 Å². The second-order valence-electron chi connectivity index (χ2n) is 6.12. The van der Waals surface area contributed by atoms with Crippen molar-refractivity contribution in [3.05, 3.63) is 23.8 Å². The minimum absolute atomic E-state index is 0.823. The number of ether oxygens (including phenoxy) is 1. The molecule has 2 heterocycles. The molecule has 1 unspecified atom stereocenters. The van der Waals surface area contributed by atoms with E-state index in [9.17, 15) is 0 Å². The standard InChI is InChI=1S/C16H23NO/c1-12(2)9-13-5-7-17(11-13)15-3-4-16-14(10-15)6-8-18-16/h3-4,10,12-13H,5-9,11H2,1-2H3. The molecule has 0 bridgehead atoms. The van der Waals surface area contributed by atoms with E-state index in [4.69, 9.17) is 4.74 Å². The monoisotopic (exact) mass is 245 g/mol. The van der Waals surface area contributed by atoms with Gasteiger partial charge in [0.05, 0.1) is 6.61 Å². The van der Waals surface area contributed by atoms with E-state index >= 15 is 0 Å². The maximum Gasteiger partial charge on any atom is 0.122 e. The summed E-state index contributed by atoms with van der Waals surface area (Å²) < 4.78 is 5.57. The zero-order valence-electron chi connectivity index (χ0n) is 11.5. The topological polar surface area (TPSA) is 12.5 Å². The number of benzene rings is 1. The first-order valence-electron chi connectivity index (χ1n) is 7.23. The maximum atomic E-state index is 5.57. The van der Waals surface area contributed by atoms with Crippen molar-refractivity contribution in [2.24, 2.45) is 11.8 Å². The average Bonchev–Trinajstić information content (AvgIpc) is 2.95. The van der Waals surface area contributed by atoms with E-state index in [-0.39, 0.29) is 0 Å². The Morgan fingerprint density at radius 1 is 1.39 bits per heavy atom. The average molecular weight is 245 g/mol. The molecule has 0 saturated carbocycles. The first kappa shape index (κ1) is 11.9. The molecular formula is C16H23NO. The van der Waals surface area contributed by atoms with E-state index in [0.29, 0.717) is 0 Å². The lowest BCUT2D eigenvalue weighted by Crippen LogP contribution is -2.20.